The molecule has 0 saturated carbocycles. The average Bonchev–Trinajstić information content (AvgIpc) is 3.25. The molecule has 4 rings (SSSR count). The van der Waals surface area contributed by atoms with E-state index in [4.69, 9.17) is 4.42 Å². The molecule has 0 unspecified atom stereocenters. The molecule has 1 aromatic carbocycles. The molecule has 0 radical (unpaired) electrons. The van der Waals surface area contributed by atoms with Crippen molar-refractivity contribution >= 4 is 17.2 Å². The summed E-state index contributed by atoms with van der Waals surface area (Å²) in [5.41, 5.74) is 5.05. The van der Waals surface area contributed by atoms with Gasteiger partial charge in [0.15, 0.2) is 11.5 Å². The van der Waals surface area contributed by atoms with Gasteiger partial charge in [0.1, 0.15) is 0 Å². The highest BCUT2D eigenvalue weighted by Crippen LogP contribution is 2.26. The van der Waals surface area contributed by atoms with Gasteiger partial charge in [-0.15, -0.1) is 0 Å². The second-order valence-electron chi connectivity index (χ2n) is 6.03. The van der Waals surface area contributed by atoms with Crippen molar-refractivity contribution in [2.24, 2.45) is 0 Å². The Morgan fingerprint density at radius 1 is 1.08 bits per heavy atom. The third-order valence-electron chi connectivity index (χ3n) is 4.09. The van der Waals surface area contributed by atoms with E-state index >= 15 is 0 Å². The van der Waals surface area contributed by atoms with Crippen LogP contribution in [0, 0.1) is 0 Å². The highest BCUT2D eigenvalue weighted by Gasteiger charge is 2.11. The molecule has 5 nitrogen and oxygen atoms in total. The first-order chi connectivity index (χ1) is 11.7. The van der Waals surface area contributed by atoms with E-state index in [0.29, 0.717) is 5.92 Å². The van der Waals surface area contributed by atoms with Crippen LogP contribution in [-0.4, -0.2) is 14.4 Å². The third kappa shape index (κ3) is 2.54. The van der Waals surface area contributed by atoms with Crippen molar-refractivity contribution in [3.63, 3.8) is 0 Å². The van der Waals surface area contributed by atoms with Crippen molar-refractivity contribution in [3.05, 3.63) is 67.0 Å². The van der Waals surface area contributed by atoms with Gasteiger partial charge in [0.2, 0.25) is 0 Å². The summed E-state index contributed by atoms with van der Waals surface area (Å²) in [7, 11) is 0. The Morgan fingerprint density at radius 3 is 2.62 bits per heavy atom. The Kier molecular flexibility index (Phi) is 3.54. The van der Waals surface area contributed by atoms with E-state index in [1.807, 2.05) is 22.9 Å². The van der Waals surface area contributed by atoms with Gasteiger partial charge in [-0.05, 0) is 29.7 Å². The zero-order valence-corrected chi connectivity index (χ0v) is 13.6. The third-order valence-corrected chi connectivity index (χ3v) is 4.09. The number of benzene rings is 1. The second-order valence-corrected chi connectivity index (χ2v) is 6.03. The number of rotatable bonds is 4. The summed E-state index contributed by atoms with van der Waals surface area (Å²) in [5, 5.41) is 3.35. The number of imidazole rings is 1. The first-order valence-electron chi connectivity index (χ1n) is 7.94. The van der Waals surface area contributed by atoms with E-state index in [-0.39, 0.29) is 0 Å². The molecule has 0 fully saturated rings. The van der Waals surface area contributed by atoms with Crippen molar-refractivity contribution in [3.8, 4) is 11.3 Å². The van der Waals surface area contributed by atoms with Gasteiger partial charge >= 0.3 is 0 Å². The van der Waals surface area contributed by atoms with E-state index in [2.05, 4.69) is 53.4 Å². The monoisotopic (exact) mass is 318 g/mol. The largest absolute Gasteiger partial charge is 0.472 e. The first kappa shape index (κ1) is 14.5. The molecule has 0 bridgehead atoms. The summed E-state index contributed by atoms with van der Waals surface area (Å²) in [4.78, 5) is 8.95. The number of fused-ring (bicyclic) bond motifs is 1. The topological polar surface area (TPSA) is 55.4 Å². The SMILES string of the molecule is CC(C)c1ccc(Nc2nccn3c(-c4ccoc4)cnc23)cc1. The lowest BCUT2D eigenvalue weighted by molar-refractivity contribution is 0.568. The fraction of sp³-hybridized carbons (Fsp3) is 0.158. The molecule has 0 saturated heterocycles. The van der Waals surface area contributed by atoms with Crippen LogP contribution in [-0.2, 0) is 0 Å². The summed E-state index contributed by atoms with van der Waals surface area (Å²) in [6.45, 7) is 4.37. The quantitative estimate of drug-likeness (QED) is 0.584. The molecular weight excluding hydrogens is 300 g/mol. The van der Waals surface area contributed by atoms with Gasteiger partial charge in [-0.3, -0.25) is 4.40 Å². The number of aromatic nitrogens is 3. The lowest BCUT2D eigenvalue weighted by atomic mass is 10.0. The van der Waals surface area contributed by atoms with E-state index < -0.39 is 0 Å². The molecule has 120 valence electrons. The maximum absolute atomic E-state index is 5.17. The summed E-state index contributed by atoms with van der Waals surface area (Å²) in [6, 6.07) is 10.3. The van der Waals surface area contributed by atoms with Crippen LogP contribution in [0.5, 0.6) is 0 Å². The van der Waals surface area contributed by atoms with Crippen molar-refractivity contribution < 1.29 is 4.42 Å². The Labute approximate surface area is 140 Å². The van der Waals surface area contributed by atoms with Gasteiger partial charge in [0.25, 0.3) is 0 Å². The van der Waals surface area contributed by atoms with Crippen LogP contribution in [0.2, 0.25) is 0 Å². The summed E-state index contributed by atoms with van der Waals surface area (Å²) in [6.07, 6.45) is 8.86. The van der Waals surface area contributed by atoms with Crippen LogP contribution >= 0.6 is 0 Å². The number of nitrogens with zero attached hydrogens (tertiary/aromatic N) is 3. The van der Waals surface area contributed by atoms with Crippen LogP contribution in [0.1, 0.15) is 25.3 Å². The summed E-state index contributed by atoms with van der Waals surface area (Å²) >= 11 is 0. The zero-order valence-electron chi connectivity index (χ0n) is 13.6. The molecule has 1 N–H and O–H groups in total. The Hall–Kier alpha value is -3.08. The van der Waals surface area contributed by atoms with Gasteiger partial charge in [0, 0.05) is 23.6 Å². The highest BCUT2D eigenvalue weighted by atomic mass is 16.3. The molecule has 0 atom stereocenters. The minimum Gasteiger partial charge on any atom is -0.472 e. The zero-order chi connectivity index (χ0) is 16.5. The van der Waals surface area contributed by atoms with Crippen LogP contribution in [0.25, 0.3) is 16.9 Å². The van der Waals surface area contributed by atoms with Gasteiger partial charge in [0.05, 0.1) is 24.4 Å². The fourth-order valence-corrected chi connectivity index (χ4v) is 2.72. The van der Waals surface area contributed by atoms with Gasteiger partial charge < -0.3 is 9.73 Å². The van der Waals surface area contributed by atoms with Crippen LogP contribution < -0.4 is 5.32 Å². The Morgan fingerprint density at radius 2 is 1.92 bits per heavy atom. The molecule has 3 aromatic heterocycles. The first-order valence-corrected chi connectivity index (χ1v) is 7.94. The van der Waals surface area contributed by atoms with Crippen molar-refractivity contribution in [2.45, 2.75) is 19.8 Å². The van der Waals surface area contributed by atoms with E-state index in [1.54, 1.807) is 18.7 Å². The van der Waals surface area contributed by atoms with E-state index in [9.17, 15) is 0 Å². The predicted octanol–water partition coefficient (Wildman–Crippen LogP) is 4.86. The van der Waals surface area contributed by atoms with Crippen molar-refractivity contribution in [1.82, 2.24) is 14.4 Å². The Bertz CT molecular complexity index is 953. The van der Waals surface area contributed by atoms with Gasteiger partial charge in [-0.25, -0.2) is 9.97 Å². The summed E-state index contributed by atoms with van der Waals surface area (Å²) < 4.78 is 7.17. The molecular formula is C19H18N4O. The maximum Gasteiger partial charge on any atom is 0.180 e. The number of nitrogens with one attached hydrogen (secondary N) is 1. The molecule has 0 amide bonds. The molecule has 0 spiro atoms. The summed E-state index contributed by atoms with van der Waals surface area (Å²) in [5.74, 6) is 1.25. The smallest absolute Gasteiger partial charge is 0.180 e. The molecule has 4 aromatic rings. The molecule has 5 heteroatoms. The van der Waals surface area contributed by atoms with Crippen molar-refractivity contribution in [1.29, 1.82) is 0 Å². The molecule has 0 aliphatic heterocycles. The lowest BCUT2D eigenvalue weighted by Crippen LogP contribution is -1.98. The van der Waals surface area contributed by atoms with Crippen molar-refractivity contribution in [2.75, 3.05) is 5.32 Å². The van der Waals surface area contributed by atoms with Gasteiger partial charge in [-0.2, -0.15) is 0 Å². The number of hydrogen-bond acceptors (Lipinski definition) is 4. The standard InChI is InChI=1S/C19H18N4O/c1-13(2)14-3-5-16(6-4-14)22-18-19-21-11-17(15-7-10-24-12-15)23(19)9-8-20-18/h3-13H,1-2H3,(H,20,22). The van der Waals surface area contributed by atoms with Crippen LogP contribution in [0.3, 0.4) is 0 Å². The predicted molar refractivity (Wildman–Crippen MR) is 94.5 cm³/mol. The fourth-order valence-electron chi connectivity index (χ4n) is 2.72. The lowest BCUT2D eigenvalue weighted by Gasteiger charge is -2.09. The van der Waals surface area contributed by atoms with E-state index in [1.165, 1.54) is 5.56 Å². The normalized spacial score (nSPS) is 11.3. The molecule has 0 aliphatic carbocycles. The minimum atomic E-state index is 0.519. The number of furan rings is 1. The maximum atomic E-state index is 5.17. The minimum absolute atomic E-state index is 0.519. The van der Waals surface area contributed by atoms with E-state index in [0.717, 1.165) is 28.4 Å². The molecule has 3 heterocycles. The molecule has 24 heavy (non-hydrogen) atoms. The Balaban J connectivity index is 1.70. The second kappa shape index (κ2) is 5.85. The van der Waals surface area contributed by atoms with Crippen LogP contribution in [0.15, 0.2) is 65.9 Å². The number of anilines is 2. The van der Waals surface area contributed by atoms with Crippen LogP contribution in [0.4, 0.5) is 11.5 Å². The highest BCUT2D eigenvalue weighted by molar-refractivity contribution is 5.73. The van der Waals surface area contributed by atoms with Gasteiger partial charge in [-0.1, -0.05) is 26.0 Å². The number of hydrogen-bond donors (Lipinski definition) is 1. The molecule has 0 aliphatic rings. The average molecular weight is 318 g/mol.